The van der Waals surface area contributed by atoms with Gasteiger partial charge in [0.2, 0.25) is 0 Å². The van der Waals surface area contributed by atoms with Crippen molar-refractivity contribution in [2.75, 3.05) is 6.54 Å². The molecule has 5 nitrogen and oxygen atoms in total. The SMILES string of the molecule is CCCC[C@@H](CC)CNC(=O)c1cc(-n2cnnc2)ccc1Br. The van der Waals surface area contributed by atoms with Crippen molar-refractivity contribution in [1.82, 2.24) is 20.1 Å². The van der Waals surface area contributed by atoms with E-state index >= 15 is 0 Å². The highest BCUT2D eigenvalue weighted by Crippen LogP contribution is 2.21. The van der Waals surface area contributed by atoms with Crippen LogP contribution < -0.4 is 5.32 Å². The summed E-state index contributed by atoms with van der Waals surface area (Å²) in [5, 5.41) is 10.7. The quantitative estimate of drug-likeness (QED) is 0.755. The zero-order chi connectivity index (χ0) is 16.7. The summed E-state index contributed by atoms with van der Waals surface area (Å²) in [4.78, 5) is 12.5. The number of unbranched alkanes of at least 4 members (excludes halogenated alkanes) is 1. The lowest BCUT2D eigenvalue weighted by Gasteiger charge is -2.16. The van der Waals surface area contributed by atoms with E-state index in [1.807, 2.05) is 18.2 Å². The van der Waals surface area contributed by atoms with E-state index in [1.54, 1.807) is 17.2 Å². The lowest BCUT2D eigenvalue weighted by atomic mass is 9.99. The lowest BCUT2D eigenvalue weighted by molar-refractivity contribution is 0.0945. The Morgan fingerprint density at radius 3 is 2.70 bits per heavy atom. The van der Waals surface area contributed by atoms with E-state index in [0.717, 1.165) is 29.5 Å². The van der Waals surface area contributed by atoms with Gasteiger partial charge in [0.1, 0.15) is 12.7 Å². The molecule has 1 amide bonds. The Hall–Kier alpha value is -1.69. The Kier molecular flexibility index (Phi) is 6.77. The van der Waals surface area contributed by atoms with Crippen LogP contribution in [0.2, 0.25) is 0 Å². The number of carbonyl (C=O) groups excluding carboxylic acids is 1. The molecule has 1 aromatic carbocycles. The highest BCUT2D eigenvalue weighted by Gasteiger charge is 2.13. The first-order chi connectivity index (χ1) is 11.2. The van der Waals surface area contributed by atoms with Crippen LogP contribution in [0.1, 0.15) is 49.9 Å². The van der Waals surface area contributed by atoms with Crippen molar-refractivity contribution in [2.24, 2.45) is 5.92 Å². The molecule has 6 heteroatoms. The summed E-state index contributed by atoms with van der Waals surface area (Å²) < 4.78 is 2.56. The van der Waals surface area contributed by atoms with E-state index in [0.29, 0.717) is 11.5 Å². The van der Waals surface area contributed by atoms with Gasteiger partial charge in [0.15, 0.2) is 0 Å². The van der Waals surface area contributed by atoms with Crippen molar-refractivity contribution in [3.8, 4) is 5.69 Å². The van der Waals surface area contributed by atoms with Crippen molar-refractivity contribution < 1.29 is 4.79 Å². The topological polar surface area (TPSA) is 59.8 Å². The molecule has 0 bridgehead atoms. The van der Waals surface area contributed by atoms with Gasteiger partial charge in [-0.1, -0.05) is 33.1 Å². The van der Waals surface area contributed by atoms with Gasteiger partial charge in [0.05, 0.1) is 5.56 Å². The van der Waals surface area contributed by atoms with Gasteiger partial charge >= 0.3 is 0 Å². The second kappa shape index (κ2) is 8.82. The molecular weight excluding hydrogens is 356 g/mol. The number of nitrogens with zero attached hydrogens (tertiary/aromatic N) is 3. The van der Waals surface area contributed by atoms with E-state index in [9.17, 15) is 4.79 Å². The molecule has 0 fully saturated rings. The number of aromatic nitrogens is 3. The van der Waals surface area contributed by atoms with Crippen molar-refractivity contribution in [1.29, 1.82) is 0 Å². The van der Waals surface area contributed by atoms with E-state index in [1.165, 1.54) is 12.8 Å². The smallest absolute Gasteiger partial charge is 0.252 e. The molecule has 1 aromatic heterocycles. The molecule has 0 unspecified atom stereocenters. The highest BCUT2D eigenvalue weighted by atomic mass is 79.9. The van der Waals surface area contributed by atoms with E-state index in [4.69, 9.17) is 0 Å². The Morgan fingerprint density at radius 1 is 1.30 bits per heavy atom. The molecule has 0 aliphatic rings. The first kappa shape index (κ1) is 17.7. The van der Waals surface area contributed by atoms with Crippen LogP contribution in [0.15, 0.2) is 35.3 Å². The number of halogens is 1. The minimum atomic E-state index is -0.0539. The number of hydrogen-bond donors (Lipinski definition) is 1. The molecular formula is C17H23BrN4O. The molecule has 0 spiro atoms. The zero-order valence-corrected chi connectivity index (χ0v) is 15.2. The first-order valence-electron chi connectivity index (χ1n) is 8.08. The van der Waals surface area contributed by atoms with Crippen LogP contribution in [0, 0.1) is 5.92 Å². The Labute approximate surface area is 145 Å². The molecule has 1 heterocycles. The zero-order valence-electron chi connectivity index (χ0n) is 13.6. The van der Waals surface area contributed by atoms with E-state index in [2.05, 4.69) is 45.3 Å². The van der Waals surface area contributed by atoms with Crippen LogP contribution in [0.25, 0.3) is 5.69 Å². The Morgan fingerprint density at radius 2 is 2.04 bits per heavy atom. The van der Waals surface area contributed by atoms with Crippen molar-refractivity contribution in [2.45, 2.75) is 39.5 Å². The highest BCUT2D eigenvalue weighted by molar-refractivity contribution is 9.10. The number of rotatable bonds is 8. The monoisotopic (exact) mass is 378 g/mol. The van der Waals surface area contributed by atoms with Gasteiger partial charge in [0.25, 0.3) is 5.91 Å². The minimum absolute atomic E-state index is 0.0539. The summed E-state index contributed by atoms with van der Waals surface area (Å²) in [6, 6.07) is 5.63. The summed E-state index contributed by atoms with van der Waals surface area (Å²) >= 11 is 3.46. The molecule has 0 saturated heterocycles. The van der Waals surface area contributed by atoms with Gasteiger partial charge in [-0.05, 0) is 46.5 Å². The largest absolute Gasteiger partial charge is 0.352 e. The Bertz CT molecular complexity index is 628. The Balaban J connectivity index is 2.05. The number of carbonyl (C=O) groups is 1. The van der Waals surface area contributed by atoms with Crippen LogP contribution in [0.3, 0.4) is 0 Å². The third-order valence-electron chi connectivity index (χ3n) is 4.01. The summed E-state index contributed by atoms with van der Waals surface area (Å²) in [6.07, 6.45) is 7.88. The molecule has 1 atom stereocenters. The van der Waals surface area contributed by atoms with Gasteiger partial charge in [-0.25, -0.2) is 0 Å². The average molecular weight is 379 g/mol. The predicted molar refractivity (Wildman–Crippen MR) is 94.7 cm³/mol. The fourth-order valence-electron chi connectivity index (χ4n) is 2.46. The molecule has 2 aromatic rings. The van der Waals surface area contributed by atoms with E-state index < -0.39 is 0 Å². The number of hydrogen-bond acceptors (Lipinski definition) is 3. The molecule has 23 heavy (non-hydrogen) atoms. The number of benzene rings is 1. The maximum atomic E-state index is 12.5. The molecule has 2 rings (SSSR count). The fourth-order valence-corrected chi connectivity index (χ4v) is 2.88. The minimum Gasteiger partial charge on any atom is -0.352 e. The van der Waals surface area contributed by atoms with Crippen molar-refractivity contribution >= 4 is 21.8 Å². The summed E-state index contributed by atoms with van der Waals surface area (Å²) in [5.41, 5.74) is 1.49. The fraction of sp³-hybridized carbons (Fsp3) is 0.471. The second-order valence-electron chi connectivity index (χ2n) is 5.66. The third-order valence-corrected chi connectivity index (χ3v) is 4.70. The van der Waals surface area contributed by atoms with Crippen molar-refractivity contribution in [3.63, 3.8) is 0 Å². The van der Waals surface area contributed by atoms with Gasteiger partial charge in [0, 0.05) is 16.7 Å². The van der Waals surface area contributed by atoms with E-state index in [-0.39, 0.29) is 5.91 Å². The molecule has 0 aliphatic carbocycles. The second-order valence-corrected chi connectivity index (χ2v) is 6.51. The molecule has 1 N–H and O–H groups in total. The average Bonchev–Trinajstić information content (AvgIpc) is 3.09. The van der Waals surface area contributed by atoms with Crippen LogP contribution in [-0.2, 0) is 0 Å². The normalized spacial score (nSPS) is 12.1. The summed E-state index contributed by atoms with van der Waals surface area (Å²) in [6.45, 7) is 5.09. The maximum Gasteiger partial charge on any atom is 0.252 e. The molecule has 0 aliphatic heterocycles. The predicted octanol–water partition coefficient (Wildman–Crippen LogP) is 3.98. The lowest BCUT2D eigenvalue weighted by Crippen LogP contribution is -2.29. The van der Waals surface area contributed by atoms with Crippen LogP contribution >= 0.6 is 15.9 Å². The summed E-state index contributed by atoms with van der Waals surface area (Å²) in [7, 11) is 0. The third kappa shape index (κ3) is 4.89. The van der Waals surface area contributed by atoms with Crippen molar-refractivity contribution in [3.05, 3.63) is 40.9 Å². The molecule has 0 radical (unpaired) electrons. The maximum absolute atomic E-state index is 12.5. The van der Waals surface area contributed by atoms with Crippen LogP contribution in [0.4, 0.5) is 0 Å². The summed E-state index contributed by atoms with van der Waals surface area (Å²) in [5.74, 6) is 0.487. The van der Waals surface area contributed by atoms with Gasteiger partial charge < -0.3 is 5.32 Å². The van der Waals surface area contributed by atoms with Crippen LogP contribution in [-0.4, -0.2) is 27.2 Å². The van der Waals surface area contributed by atoms with Crippen LogP contribution in [0.5, 0.6) is 0 Å². The number of amides is 1. The standard InChI is InChI=1S/C17H23BrN4O/c1-3-5-6-13(4-2)10-19-17(23)15-9-14(7-8-16(15)18)22-11-20-21-12-22/h7-9,11-13H,3-6,10H2,1-2H3,(H,19,23)/t13-/m1/s1. The molecule has 124 valence electrons. The molecule has 0 saturated carbocycles. The van der Waals surface area contributed by atoms with Gasteiger partial charge in [-0.2, -0.15) is 0 Å². The first-order valence-corrected chi connectivity index (χ1v) is 8.87. The number of nitrogens with one attached hydrogen (secondary N) is 1. The van der Waals surface area contributed by atoms with Gasteiger partial charge in [-0.3, -0.25) is 9.36 Å². The van der Waals surface area contributed by atoms with Gasteiger partial charge in [-0.15, -0.1) is 10.2 Å².